The molecule has 0 atom stereocenters. The van der Waals surface area contributed by atoms with Crippen molar-refractivity contribution in [2.45, 2.75) is 13.5 Å². The highest BCUT2D eigenvalue weighted by Crippen LogP contribution is 2.24. The third kappa shape index (κ3) is 3.36. The summed E-state index contributed by atoms with van der Waals surface area (Å²) in [7, 11) is 0. The molecule has 0 saturated carbocycles. The van der Waals surface area contributed by atoms with E-state index in [0.29, 0.717) is 12.2 Å². The van der Waals surface area contributed by atoms with E-state index in [1.54, 1.807) is 12.1 Å². The lowest BCUT2D eigenvalue weighted by atomic mass is 10.1. The molecule has 1 amide bonds. The van der Waals surface area contributed by atoms with Crippen LogP contribution < -0.4 is 5.32 Å². The molecule has 0 aliphatic heterocycles. The van der Waals surface area contributed by atoms with Gasteiger partial charge in [0.25, 0.3) is 5.91 Å². The highest BCUT2D eigenvalue weighted by atomic mass is 16.1. The van der Waals surface area contributed by atoms with Crippen LogP contribution in [0.4, 0.5) is 5.69 Å². The molecule has 3 rings (SSSR count). The first-order valence-electron chi connectivity index (χ1n) is 8.14. The maximum Gasteiger partial charge on any atom is 0.266 e. The molecule has 26 heavy (non-hydrogen) atoms. The molecule has 4 heteroatoms. The minimum atomic E-state index is -0.435. The molecule has 0 radical (unpaired) electrons. The van der Waals surface area contributed by atoms with Crippen LogP contribution in [-0.2, 0) is 11.3 Å². The van der Waals surface area contributed by atoms with Crippen molar-refractivity contribution < 1.29 is 4.79 Å². The van der Waals surface area contributed by atoms with E-state index in [2.05, 4.69) is 11.2 Å². The van der Waals surface area contributed by atoms with Gasteiger partial charge in [-0.1, -0.05) is 42.3 Å². The summed E-state index contributed by atoms with van der Waals surface area (Å²) in [5, 5.41) is 13.2. The maximum absolute atomic E-state index is 12.5. The van der Waals surface area contributed by atoms with E-state index in [-0.39, 0.29) is 5.57 Å². The van der Waals surface area contributed by atoms with Crippen LogP contribution in [0.2, 0.25) is 0 Å². The van der Waals surface area contributed by atoms with E-state index in [1.165, 1.54) is 0 Å². The molecule has 1 aromatic heterocycles. The number of anilines is 1. The first-order valence-corrected chi connectivity index (χ1v) is 8.14. The van der Waals surface area contributed by atoms with Crippen LogP contribution in [0.3, 0.4) is 0 Å². The van der Waals surface area contributed by atoms with Gasteiger partial charge in [0, 0.05) is 28.4 Å². The second kappa shape index (κ2) is 7.42. The van der Waals surface area contributed by atoms with E-state index in [9.17, 15) is 10.1 Å². The molecular weight excluding hydrogens is 322 g/mol. The van der Waals surface area contributed by atoms with Crippen molar-refractivity contribution in [1.82, 2.24) is 4.57 Å². The number of carbonyl (C=O) groups excluding carboxylic acids is 1. The Morgan fingerprint density at radius 2 is 1.96 bits per heavy atom. The number of hydrogen-bond donors (Lipinski definition) is 1. The number of aromatic nitrogens is 1. The Bertz CT molecular complexity index is 1090. The number of aryl methyl sites for hydroxylation is 1. The van der Waals surface area contributed by atoms with Gasteiger partial charge < -0.3 is 9.88 Å². The summed E-state index contributed by atoms with van der Waals surface area (Å²) in [5.74, 6) is 2.18. The molecule has 2 aromatic carbocycles. The second-order valence-electron chi connectivity index (χ2n) is 5.87. The lowest BCUT2D eigenvalue weighted by molar-refractivity contribution is -0.112. The van der Waals surface area contributed by atoms with Crippen LogP contribution >= 0.6 is 0 Å². The summed E-state index contributed by atoms with van der Waals surface area (Å²) in [6.07, 6.45) is 8.90. The highest BCUT2D eigenvalue weighted by molar-refractivity contribution is 6.11. The lowest BCUT2D eigenvalue weighted by Crippen LogP contribution is -2.14. The Morgan fingerprint density at radius 3 is 2.69 bits per heavy atom. The molecule has 1 N–H and O–H groups in total. The number of nitrogens with one attached hydrogen (secondary N) is 1. The molecule has 0 fully saturated rings. The van der Waals surface area contributed by atoms with Crippen LogP contribution in [0.1, 0.15) is 11.1 Å². The average molecular weight is 339 g/mol. The van der Waals surface area contributed by atoms with Crippen LogP contribution in [0.25, 0.3) is 17.0 Å². The zero-order valence-corrected chi connectivity index (χ0v) is 14.4. The van der Waals surface area contributed by atoms with Gasteiger partial charge in [-0.3, -0.25) is 4.79 Å². The number of rotatable bonds is 4. The zero-order chi connectivity index (χ0) is 18.5. The van der Waals surface area contributed by atoms with Gasteiger partial charge in [-0.05, 0) is 30.7 Å². The van der Waals surface area contributed by atoms with Crippen LogP contribution in [0, 0.1) is 30.6 Å². The molecule has 1 heterocycles. The molecular formula is C22H17N3O. The predicted octanol–water partition coefficient (Wildman–Crippen LogP) is 4.13. The number of fused-ring (bicyclic) bond motifs is 1. The normalized spacial score (nSPS) is 11.0. The fourth-order valence-electron chi connectivity index (χ4n) is 2.83. The van der Waals surface area contributed by atoms with Gasteiger partial charge in [0.1, 0.15) is 11.6 Å². The Kier molecular flexibility index (Phi) is 4.87. The van der Waals surface area contributed by atoms with Crippen LogP contribution in [-0.4, -0.2) is 10.5 Å². The molecule has 4 nitrogen and oxygen atoms in total. The smallest absolute Gasteiger partial charge is 0.266 e. The van der Waals surface area contributed by atoms with Crippen molar-refractivity contribution in [1.29, 1.82) is 5.26 Å². The number of hydrogen-bond acceptors (Lipinski definition) is 2. The lowest BCUT2D eigenvalue weighted by Gasteiger charge is -2.07. The number of carbonyl (C=O) groups is 1. The van der Waals surface area contributed by atoms with Gasteiger partial charge in [0.2, 0.25) is 0 Å². The molecule has 0 saturated heterocycles. The molecule has 0 bridgehead atoms. The van der Waals surface area contributed by atoms with Crippen molar-refractivity contribution in [3.8, 4) is 18.4 Å². The van der Waals surface area contributed by atoms with Gasteiger partial charge in [0.05, 0.1) is 6.54 Å². The maximum atomic E-state index is 12.5. The number of nitriles is 1. The molecule has 0 aliphatic rings. The Morgan fingerprint density at radius 1 is 1.23 bits per heavy atom. The fourth-order valence-corrected chi connectivity index (χ4v) is 2.83. The molecule has 0 unspecified atom stereocenters. The van der Waals surface area contributed by atoms with Gasteiger partial charge in [-0.2, -0.15) is 5.26 Å². The number of terminal acetylenes is 1. The molecule has 126 valence electrons. The second-order valence-corrected chi connectivity index (χ2v) is 5.87. The monoisotopic (exact) mass is 339 g/mol. The Labute approximate surface area is 152 Å². The summed E-state index contributed by atoms with van der Waals surface area (Å²) in [4.78, 5) is 12.5. The quantitative estimate of drug-likeness (QED) is 0.441. The average Bonchev–Trinajstić information content (AvgIpc) is 2.99. The minimum absolute atomic E-state index is 0.0388. The van der Waals surface area contributed by atoms with Crippen molar-refractivity contribution in [2.75, 3.05) is 5.32 Å². The summed E-state index contributed by atoms with van der Waals surface area (Å²) >= 11 is 0. The van der Waals surface area contributed by atoms with Crippen molar-refractivity contribution in [3.05, 3.63) is 71.4 Å². The summed E-state index contributed by atoms with van der Waals surface area (Å²) < 4.78 is 1.93. The van der Waals surface area contributed by atoms with Crippen LogP contribution in [0.15, 0.2) is 60.3 Å². The van der Waals surface area contributed by atoms with E-state index in [0.717, 1.165) is 22.0 Å². The van der Waals surface area contributed by atoms with Crippen molar-refractivity contribution in [3.63, 3.8) is 0 Å². The van der Waals surface area contributed by atoms with E-state index < -0.39 is 5.91 Å². The highest BCUT2D eigenvalue weighted by Gasteiger charge is 2.13. The SMILES string of the molecule is C#CCn1cc(/C=C(\C#N)C(=O)Nc2ccccc2C)c2ccccc21. The van der Waals surface area contributed by atoms with Gasteiger partial charge >= 0.3 is 0 Å². The van der Waals surface area contributed by atoms with Gasteiger partial charge in [-0.25, -0.2) is 0 Å². The topological polar surface area (TPSA) is 57.8 Å². The van der Waals surface area contributed by atoms with Gasteiger partial charge in [0.15, 0.2) is 0 Å². The van der Waals surface area contributed by atoms with Gasteiger partial charge in [-0.15, -0.1) is 6.42 Å². The first-order chi connectivity index (χ1) is 12.6. The predicted molar refractivity (Wildman–Crippen MR) is 104 cm³/mol. The standard InChI is InChI=1S/C22H17N3O/c1-3-12-25-15-18(19-9-5-7-11-21(19)25)13-17(14-23)22(26)24-20-10-6-4-8-16(20)2/h1,4-11,13,15H,12H2,2H3,(H,24,26)/b17-13+. The summed E-state index contributed by atoms with van der Waals surface area (Å²) in [5.41, 5.74) is 3.41. The van der Waals surface area contributed by atoms with Crippen molar-refractivity contribution >= 4 is 28.6 Å². The Hall–Kier alpha value is -3.76. The van der Waals surface area contributed by atoms with Crippen molar-refractivity contribution in [2.24, 2.45) is 0 Å². The molecule has 0 aliphatic carbocycles. The first kappa shape index (κ1) is 17.1. The van der Waals surface area contributed by atoms with E-state index >= 15 is 0 Å². The zero-order valence-electron chi connectivity index (χ0n) is 14.4. The van der Waals surface area contributed by atoms with E-state index in [1.807, 2.05) is 66.2 Å². The van der Waals surface area contributed by atoms with E-state index in [4.69, 9.17) is 6.42 Å². The third-order valence-corrected chi connectivity index (χ3v) is 4.14. The number of amides is 1. The minimum Gasteiger partial charge on any atom is -0.335 e. The Balaban J connectivity index is 1.98. The number of para-hydroxylation sites is 2. The largest absolute Gasteiger partial charge is 0.335 e. The molecule has 3 aromatic rings. The fraction of sp³-hybridized carbons (Fsp3) is 0.0909. The van der Waals surface area contributed by atoms with Crippen LogP contribution in [0.5, 0.6) is 0 Å². The number of nitrogens with zero attached hydrogens (tertiary/aromatic N) is 2. The third-order valence-electron chi connectivity index (χ3n) is 4.14. The summed E-state index contributed by atoms with van der Waals surface area (Å²) in [6, 6.07) is 17.2. The number of benzene rings is 2. The molecule has 0 spiro atoms. The summed E-state index contributed by atoms with van der Waals surface area (Å²) in [6.45, 7) is 2.32.